The smallest absolute Gasteiger partial charge is 0.248 e. The number of nitrogens with two attached hydrogens (primary N) is 1. The minimum atomic E-state index is -0.335. The van der Waals surface area contributed by atoms with Crippen LogP contribution in [0.1, 0.15) is 41.8 Å². The van der Waals surface area contributed by atoms with E-state index < -0.39 is 0 Å². The maximum atomic E-state index is 11.5. The van der Waals surface area contributed by atoms with E-state index in [0.29, 0.717) is 17.5 Å². The maximum absolute atomic E-state index is 11.5. The molecule has 1 aliphatic heterocycles. The van der Waals surface area contributed by atoms with Crippen molar-refractivity contribution in [1.29, 1.82) is 0 Å². The number of ether oxygens (including phenoxy) is 1. The number of methoxy groups -OCH3 is 1. The molecule has 1 aliphatic carbocycles. The second-order valence-corrected chi connectivity index (χ2v) is 6.99. The highest BCUT2D eigenvalue weighted by Gasteiger charge is 2.48. The summed E-state index contributed by atoms with van der Waals surface area (Å²) in [5, 5.41) is 0. The van der Waals surface area contributed by atoms with Crippen LogP contribution in [0.3, 0.4) is 0 Å². The number of likely N-dealkylation sites (tertiary alicyclic amines) is 1. The van der Waals surface area contributed by atoms with E-state index in [2.05, 4.69) is 24.8 Å². The molecule has 120 valence electrons. The molecule has 2 aliphatic rings. The minimum absolute atomic E-state index is 0.132. The van der Waals surface area contributed by atoms with E-state index >= 15 is 0 Å². The molecule has 1 aromatic rings. The number of carbonyl (C=O) groups excluding carboxylic acids is 1. The summed E-state index contributed by atoms with van der Waals surface area (Å²) in [5.41, 5.74) is 8.94. The number of primary amides is 1. The van der Waals surface area contributed by atoms with Crippen molar-refractivity contribution in [2.75, 3.05) is 26.8 Å². The molecule has 4 heteroatoms. The normalized spacial score (nSPS) is 30.9. The molecule has 1 heterocycles. The Kier molecular flexibility index (Phi) is 4.00. The number of carbonyl (C=O) groups is 1. The molecule has 2 N–H and O–H groups in total. The third kappa shape index (κ3) is 2.34. The summed E-state index contributed by atoms with van der Waals surface area (Å²) >= 11 is 0. The maximum Gasteiger partial charge on any atom is 0.248 e. The Morgan fingerprint density at radius 2 is 2.27 bits per heavy atom. The largest absolute Gasteiger partial charge is 0.383 e. The first-order chi connectivity index (χ1) is 10.5. The highest BCUT2D eigenvalue weighted by Crippen LogP contribution is 2.48. The lowest BCUT2D eigenvalue weighted by atomic mass is 9.59. The lowest BCUT2D eigenvalue weighted by Gasteiger charge is -2.54. The number of rotatable bonds is 4. The van der Waals surface area contributed by atoms with Crippen molar-refractivity contribution in [3.8, 4) is 0 Å². The van der Waals surface area contributed by atoms with E-state index in [9.17, 15) is 4.79 Å². The zero-order valence-electron chi connectivity index (χ0n) is 13.8. The molecule has 3 unspecified atom stereocenters. The van der Waals surface area contributed by atoms with Gasteiger partial charge in [0.1, 0.15) is 0 Å². The molecule has 3 rings (SSSR count). The summed E-state index contributed by atoms with van der Waals surface area (Å²) in [6.45, 7) is 7.57. The van der Waals surface area contributed by atoms with Gasteiger partial charge in [-0.3, -0.25) is 9.69 Å². The van der Waals surface area contributed by atoms with E-state index in [1.54, 1.807) is 7.11 Å². The number of nitrogens with zero attached hydrogens (tertiary/aromatic N) is 1. The number of piperidine rings is 1. The second kappa shape index (κ2) is 5.67. The van der Waals surface area contributed by atoms with Gasteiger partial charge >= 0.3 is 0 Å². The summed E-state index contributed by atoms with van der Waals surface area (Å²) in [6.07, 6.45) is 2.17. The molecule has 0 aromatic heterocycles. The van der Waals surface area contributed by atoms with Crippen molar-refractivity contribution in [3.63, 3.8) is 0 Å². The zero-order valence-corrected chi connectivity index (χ0v) is 13.8. The summed E-state index contributed by atoms with van der Waals surface area (Å²) < 4.78 is 5.26. The topological polar surface area (TPSA) is 55.6 Å². The third-order valence-electron chi connectivity index (χ3n) is 5.99. The summed E-state index contributed by atoms with van der Waals surface area (Å²) in [7, 11) is 1.76. The number of fused-ring (bicyclic) bond motifs is 4. The molecule has 0 spiro atoms. The molecule has 2 bridgehead atoms. The van der Waals surface area contributed by atoms with Gasteiger partial charge in [-0.15, -0.1) is 0 Å². The molecule has 1 amide bonds. The van der Waals surface area contributed by atoms with Crippen LogP contribution in [0.2, 0.25) is 0 Å². The third-order valence-corrected chi connectivity index (χ3v) is 5.99. The standard InChI is InChI=1S/C18H26N2O2/c1-12-16-11-13-4-5-14(17(19)21)10-15(13)18(12,2)6-7-20(16)8-9-22-3/h4-5,10,12,16H,6-9,11H2,1-3H3,(H2,19,21). The summed E-state index contributed by atoms with van der Waals surface area (Å²) in [4.78, 5) is 14.1. The van der Waals surface area contributed by atoms with Gasteiger partial charge in [0.25, 0.3) is 0 Å². The number of hydrogen-bond acceptors (Lipinski definition) is 3. The predicted molar refractivity (Wildman–Crippen MR) is 87.0 cm³/mol. The van der Waals surface area contributed by atoms with Crippen LogP contribution in [0.15, 0.2) is 18.2 Å². The Bertz CT molecular complexity index is 586. The van der Waals surface area contributed by atoms with Crippen LogP contribution in [-0.4, -0.2) is 43.7 Å². The average molecular weight is 302 g/mol. The fourth-order valence-electron chi connectivity index (χ4n) is 4.35. The van der Waals surface area contributed by atoms with Crippen LogP contribution < -0.4 is 5.73 Å². The Labute approximate surface area is 132 Å². The van der Waals surface area contributed by atoms with E-state index in [1.165, 1.54) is 11.1 Å². The fraction of sp³-hybridized carbons (Fsp3) is 0.611. The van der Waals surface area contributed by atoms with E-state index in [0.717, 1.165) is 32.5 Å². The van der Waals surface area contributed by atoms with Gasteiger partial charge in [-0.25, -0.2) is 0 Å². The fourth-order valence-corrected chi connectivity index (χ4v) is 4.35. The van der Waals surface area contributed by atoms with Crippen LogP contribution in [0.25, 0.3) is 0 Å². The van der Waals surface area contributed by atoms with Crippen molar-refractivity contribution in [1.82, 2.24) is 4.90 Å². The Balaban J connectivity index is 1.97. The predicted octanol–water partition coefficient (Wildman–Crippen LogP) is 1.96. The van der Waals surface area contributed by atoms with Gasteiger partial charge in [0.05, 0.1) is 6.61 Å². The lowest BCUT2D eigenvalue weighted by Crippen LogP contribution is -2.58. The van der Waals surface area contributed by atoms with Gasteiger partial charge in [-0.1, -0.05) is 19.9 Å². The summed E-state index contributed by atoms with van der Waals surface area (Å²) in [5.74, 6) is 0.229. The quantitative estimate of drug-likeness (QED) is 0.925. The molecule has 4 nitrogen and oxygen atoms in total. The first-order valence-electron chi connectivity index (χ1n) is 8.13. The van der Waals surface area contributed by atoms with Gasteiger partial charge in [0.15, 0.2) is 0 Å². The van der Waals surface area contributed by atoms with E-state index in [4.69, 9.17) is 10.5 Å². The molecule has 1 saturated heterocycles. The summed E-state index contributed by atoms with van der Waals surface area (Å²) in [6, 6.07) is 6.57. The molecular formula is C18H26N2O2. The first kappa shape index (κ1) is 15.5. The molecule has 0 saturated carbocycles. The number of benzene rings is 1. The number of amides is 1. The van der Waals surface area contributed by atoms with Crippen molar-refractivity contribution in [2.24, 2.45) is 11.7 Å². The van der Waals surface area contributed by atoms with Crippen molar-refractivity contribution < 1.29 is 9.53 Å². The van der Waals surface area contributed by atoms with Gasteiger partial charge < -0.3 is 10.5 Å². The van der Waals surface area contributed by atoms with E-state index in [-0.39, 0.29) is 11.3 Å². The van der Waals surface area contributed by atoms with Crippen LogP contribution in [0, 0.1) is 5.92 Å². The van der Waals surface area contributed by atoms with Gasteiger partial charge in [0.2, 0.25) is 5.91 Å². The second-order valence-electron chi connectivity index (χ2n) is 6.99. The van der Waals surface area contributed by atoms with Gasteiger partial charge in [-0.2, -0.15) is 0 Å². The SMILES string of the molecule is COCCN1CCC2(C)c3cc(C(N)=O)ccc3CC1C2C. The first-order valence-corrected chi connectivity index (χ1v) is 8.13. The van der Waals surface area contributed by atoms with Crippen LogP contribution >= 0.6 is 0 Å². The average Bonchev–Trinajstić information content (AvgIpc) is 2.49. The van der Waals surface area contributed by atoms with Crippen molar-refractivity contribution in [2.45, 2.75) is 38.1 Å². The molecule has 0 radical (unpaired) electrons. The Morgan fingerprint density at radius 1 is 1.50 bits per heavy atom. The minimum Gasteiger partial charge on any atom is -0.383 e. The molecule has 3 atom stereocenters. The zero-order chi connectivity index (χ0) is 15.9. The monoisotopic (exact) mass is 302 g/mol. The van der Waals surface area contributed by atoms with Crippen molar-refractivity contribution >= 4 is 5.91 Å². The van der Waals surface area contributed by atoms with Gasteiger partial charge in [-0.05, 0) is 54.0 Å². The van der Waals surface area contributed by atoms with Crippen LogP contribution in [0.4, 0.5) is 0 Å². The molecule has 1 aromatic carbocycles. The van der Waals surface area contributed by atoms with Gasteiger partial charge in [0, 0.05) is 25.3 Å². The van der Waals surface area contributed by atoms with Crippen LogP contribution in [0.5, 0.6) is 0 Å². The number of hydrogen-bond donors (Lipinski definition) is 1. The molecule has 22 heavy (non-hydrogen) atoms. The lowest BCUT2D eigenvalue weighted by molar-refractivity contribution is 0.0157. The Morgan fingerprint density at radius 3 is 2.95 bits per heavy atom. The van der Waals surface area contributed by atoms with E-state index in [1.807, 2.05) is 12.1 Å². The highest BCUT2D eigenvalue weighted by atomic mass is 16.5. The Hall–Kier alpha value is -1.39. The van der Waals surface area contributed by atoms with Crippen LogP contribution in [-0.2, 0) is 16.6 Å². The van der Waals surface area contributed by atoms with Crippen molar-refractivity contribution in [3.05, 3.63) is 34.9 Å². The molecular weight excluding hydrogens is 276 g/mol. The highest BCUT2D eigenvalue weighted by molar-refractivity contribution is 5.93. The molecule has 1 fully saturated rings.